The fourth-order valence-electron chi connectivity index (χ4n) is 1.40. The minimum atomic E-state index is -0.525. The third-order valence-corrected chi connectivity index (χ3v) is 2.33. The number of nitrogens with zero attached hydrogens (tertiary/aromatic N) is 1. The third kappa shape index (κ3) is 3.08. The molecule has 1 heterocycles. The average molecular weight is 247 g/mol. The van der Waals surface area contributed by atoms with Gasteiger partial charge in [-0.1, -0.05) is 17.3 Å². The molecule has 0 bridgehead atoms. The van der Waals surface area contributed by atoms with Gasteiger partial charge in [0, 0.05) is 11.8 Å². The van der Waals surface area contributed by atoms with E-state index in [0.29, 0.717) is 11.5 Å². The molecule has 2 rings (SSSR count). The van der Waals surface area contributed by atoms with E-state index in [1.807, 2.05) is 0 Å². The minimum Gasteiger partial charge on any atom is -0.389 e. The molecule has 18 heavy (non-hydrogen) atoms. The van der Waals surface area contributed by atoms with Crippen LogP contribution in [0.1, 0.15) is 18.6 Å². The van der Waals surface area contributed by atoms with Crippen molar-refractivity contribution in [2.45, 2.75) is 13.0 Å². The number of rotatable bonds is 3. The zero-order valence-electron chi connectivity index (χ0n) is 9.75. The summed E-state index contributed by atoms with van der Waals surface area (Å²) in [5, 5.41) is 18.0. The van der Waals surface area contributed by atoms with Crippen LogP contribution in [0.3, 0.4) is 0 Å². The summed E-state index contributed by atoms with van der Waals surface area (Å²) in [4.78, 5) is 11.5. The number of carbonyl (C=O) groups is 1. The Kier molecular flexibility index (Phi) is 3.59. The van der Waals surface area contributed by atoms with Crippen molar-refractivity contribution in [3.05, 3.63) is 42.2 Å². The van der Waals surface area contributed by atoms with Crippen LogP contribution in [0.4, 0.5) is 16.3 Å². The molecular weight excluding hydrogens is 234 g/mol. The molecule has 0 saturated carbocycles. The smallest absolute Gasteiger partial charge is 0.324 e. The first-order valence-corrected chi connectivity index (χ1v) is 5.41. The van der Waals surface area contributed by atoms with Crippen molar-refractivity contribution in [1.29, 1.82) is 0 Å². The highest BCUT2D eigenvalue weighted by atomic mass is 16.5. The Morgan fingerprint density at radius 1 is 1.28 bits per heavy atom. The number of hydrogen-bond acceptors (Lipinski definition) is 4. The van der Waals surface area contributed by atoms with Gasteiger partial charge in [0.25, 0.3) is 0 Å². The van der Waals surface area contributed by atoms with Gasteiger partial charge in [-0.05, 0) is 24.6 Å². The van der Waals surface area contributed by atoms with E-state index in [0.717, 1.165) is 5.56 Å². The molecule has 0 aliphatic heterocycles. The fraction of sp³-hybridized carbons (Fsp3) is 0.167. The van der Waals surface area contributed by atoms with Crippen LogP contribution in [0.5, 0.6) is 0 Å². The van der Waals surface area contributed by atoms with Gasteiger partial charge in [0.2, 0.25) is 0 Å². The first kappa shape index (κ1) is 12.1. The van der Waals surface area contributed by atoms with Crippen molar-refractivity contribution in [3.63, 3.8) is 0 Å². The molecule has 0 saturated heterocycles. The highest BCUT2D eigenvalue weighted by Crippen LogP contribution is 2.15. The van der Waals surface area contributed by atoms with Crippen molar-refractivity contribution in [2.75, 3.05) is 10.6 Å². The van der Waals surface area contributed by atoms with Gasteiger partial charge in [-0.15, -0.1) is 0 Å². The molecule has 0 aliphatic rings. The van der Waals surface area contributed by atoms with Crippen LogP contribution in [-0.4, -0.2) is 16.3 Å². The summed E-state index contributed by atoms with van der Waals surface area (Å²) in [5.74, 6) is 0.341. The zero-order valence-corrected chi connectivity index (χ0v) is 9.75. The fourth-order valence-corrected chi connectivity index (χ4v) is 1.40. The third-order valence-electron chi connectivity index (χ3n) is 2.33. The van der Waals surface area contributed by atoms with Crippen LogP contribution in [0.25, 0.3) is 0 Å². The molecule has 0 spiro atoms. The summed E-state index contributed by atoms with van der Waals surface area (Å²) in [7, 11) is 0. The number of benzene rings is 1. The van der Waals surface area contributed by atoms with Gasteiger partial charge >= 0.3 is 6.03 Å². The molecule has 0 fully saturated rings. The van der Waals surface area contributed by atoms with Crippen molar-refractivity contribution < 1.29 is 14.4 Å². The molecule has 0 aliphatic carbocycles. The van der Waals surface area contributed by atoms with E-state index in [1.54, 1.807) is 31.2 Å². The van der Waals surface area contributed by atoms with E-state index in [9.17, 15) is 9.90 Å². The van der Waals surface area contributed by atoms with Crippen molar-refractivity contribution in [3.8, 4) is 0 Å². The average Bonchev–Trinajstić information content (AvgIpc) is 2.82. The molecular formula is C12H13N3O3. The van der Waals surface area contributed by atoms with Crippen LogP contribution in [0.2, 0.25) is 0 Å². The van der Waals surface area contributed by atoms with E-state index in [-0.39, 0.29) is 0 Å². The Labute approximate surface area is 104 Å². The first-order chi connectivity index (χ1) is 8.65. The van der Waals surface area contributed by atoms with Crippen LogP contribution < -0.4 is 10.6 Å². The second-order valence-electron chi connectivity index (χ2n) is 3.76. The second-order valence-corrected chi connectivity index (χ2v) is 3.76. The minimum absolute atomic E-state index is 0.341. The van der Waals surface area contributed by atoms with Gasteiger partial charge in [-0.25, -0.2) is 4.79 Å². The van der Waals surface area contributed by atoms with Gasteiger partial charge in [0.1, 0.15) is 6.26 Å². The summed E-state index contributed by atoms with van der Waals surface area (Å²) in [6, 6.07) is 8.05. The standard InChI is InChI=1S/C12H13N3O3/c1-8(16)9-2-4-10(5-3-9)13-12(17)14-11-6-7-18-15-11/h2-8,16H,1H3,(H2,13,14,15,17). The summed E-state index contributed by atoms with van der Waals surface area (Å²) in [6.07, 6.45) is 0.843. The lowest BCUT2D eigenvalue weighted by molar-refractivity contribution is 0.199. The number of nitrogens with one attached hydrogen (secondary N) is 2. The van der Waals surface area contributed by atoms with Crippen LogP contribution in [-0.2, 0) is 0 Å². The molecule has 1 aromatic heterocycles. The maximum atomic E-state index is 11.5. The highest BCUT2D eigenvalue weighted by Gasteiger charge is 2.05. The molecule has 6 heteroatoms. The van der Waals surface area contributed by atoms with Crippen LogP contribution in [0, 0.1) is 0 Å². The topological polar surface area (TPSA) is 87.4 Å². The number of urea groups is 1. The summed E-state index contributed by atoms with van der Waals surface area (Å²) in [6.45, 7) is 1.68. The summed E-state index contributed by atoms with van der Waals surface area (Å²) in [5.41, 5.74) is 1.41. The Balaban J connectivity index is 1.95. The van der Waals surface area contributed by atoms with E-state index in [1.165, 1.54) is 12.3 Å². The SMILES string of the molecule is CC(O)c1ccc(NC(=O)Nc2ccon2)cc1. The highest BCUT2D eigenvalue weighted by molar-refractivity contribution is 5.99. The number of aromatic nitrogens is 1. The molecule has 0 radical (unpaired) electrons. The Morgan fingerprint density at radius 2 is 2.00 bits per heavy atom. The number of aliphatic hydroxyl groups is 1. The predicted molar refractivity (Wildman–Crippen MR) is 66.2 cm³/mol. The molecule has 2 amide bonds. The van der Waals surface area contributed by atoms with Gasteiger partial charge < -0.3 is 14.9 Å². The van der Waals surface area contributed by atoms with Gasteiger partial charge in [0.05, 0.1) is 6.10 Å². The maximum absolute atomic E-state index is 11.5. The molecule has 6 nitrogen and oxygen atoms in total. The molecule has 1 atom stereocenters. The lowest BCUT2D eigenvalue weighted by Gasteiger charge is -2.07. The number of carbonyl (C=O) groups excluding carboxylic acids is 1. The Morgan fingerprint density at radius 3 is 2.56 bits per heavy atom. The molecule has 94 valence electrons. The van der Waals surface area contributed by atoms with E-state index >= 15 is 0 Å². The van der Waals surface area contributed by atoms with Crippen molar-refractivity contribution >= 4 is 17.5 Å². The first-order valence-electron chi connectivity index (χ1n) is 5.41. The van der Waals surface area contributed by atoms with Crippen LogP contribution >= 0.6 is 0 Å². The second kappa shape index (κ2) is 5.33. The predicted octanol–water partition coefficient (Wildman–Crippen LogP) is 2.37. The van der Waals surface area contributed by atoms with Gasteiger partial charge in [0.15, 0.2) is 5.82 Å². The quantitative estimate of drug-likeness (QED) is 0.777. The van der Waals surface area contributed by atoms with Gasteiger partial charge in [-0.2, -0.15) is 0 Å². The molecule has 1 aromatic carbocycles. The number of amides is 2. The lowest BCUT2D eigenvalue weighted by atomic mass is 10.1. The van der Waals surface area contributed by atoms with E-state index in [4.69, 9.17) is 0 Å². The van der Waals surface area contributed by atoms with Crippen molar-refractivity contribution in [2.24, 2.45) is 0 Å². The number of anilines is 2. The largest absolute Gasteiger partial charge is 0.389 e. The lowest BCUT2D eigenvalue weighted by Crippen LogP contribution is -2.19. The molecule has 3 N–H and O–H groups in total. The number of hydrogen-bond donors (Lipinski definition) is 3. The molecule has 2 aromatic rings. The van der Waals surface area contributed by atoms with Crippen molar-refractivity contribution in [1.82, 2.24) is 5.16 Å². The number of aliphatic hydroxyl groups excluding tert-OH is 1. The summed E-state index contributed by atoms with van der Waals surface area (Å²) >= 11 is 0. The monoisotopic (exact) mass is 247 g/mol. The molecule has 1 unspecified atom stereocenters. The normalized spacial score (nSPS) is 11.9. The Hall–Kier alpha value is -2.34. The maximum Gasteiger partial charge on any atom is 0.324 e. The van der Waals surface area contributed by atoms with E-state index in [2.05, 4.69) is 20.3 Å². The summed E-state index contributed by atoms with van der Waals surface area (Å²) < 4.78 is 4.59. The Bertz CT molecular complexity index is 506. The van der Waals surface area contributed by atoms with E-state index < -0.39 is 12.1 Å². The zero-order chi connectivity index (χ0) is 13.0. The van der Waals surface area contributed by atoms with Gasteiger partial charge in [-0.3, -0.25) is 5.32 Å². The van der Waals surface area contributed by atoms with Crippen LogP contribution in [0.15, 0.2) is 41.1 Å².